The molecule has 3 atom stereocenters. The maximum absolute atomic E-state index is 12.4. The predicted molar refractivity (Wildman–Crippen MR) is 80.5 cm³/mol. The van der Waals surface area contributed by atoms with E-state index in [0.717, 1.165) is 19.5 Å². The lowest BCUT2D eigenvalue weighted by Crippen LogP contribution is -2.51. The van der Waals surface area contributed by atoms with Gasteiger partial charge in [-0.1, -0.05) is 43.7 Å². The van der Waals surface area contributed by atoms with Gasteiger partial charge < -0.3 is 10.6 Å². The van der Waals surface area contributed by atoms with Gasteiger partial charge in [0.15, 0.2) is 0 Å². The van der Waals surface area contributed by atoms with Crippen molar-refractivity contribution < 1.29 is 4.79 Å². The Labute approximate surface area is 121 Å². The summed E-state index contributed by atoms with van der Waals surface area (Å²) in [5, 5.41) is 6.55. The van der Waals surface area contributed by atoms with Crippen molar-refractivity contribution in [3.63, 3.8) is 0 Å². The number of nitrogens with one attached hydrogen (secondary N) is 2. The van der Waals surface area contributed by atoms with E-state index in [1.165, 1.54) is 18.4 Å². The molecular weight excluding hydrogens is 248 g/mol. The van der Waals surface area contributed by atoms with Crippen molar-refractivity contribution in [2.75, 3.05) is 13.1 Å². The fraction of sp³-hybridized carbons (Fsp3) is 0.588. The van der Waals surface area contributed by atoms with E-state index >= 15 is 0 Å². The Bertz CT molecular complexity index is 455. The lowest BCUT2D eigenvalue weighted by atomic mass is 9.87. The molecule has 20 heavy (non-hydrogen) atoms. The fourth-order valence-corrected chi connectivity index (χ4v) is 3.42. The van der Waals surface area contributed by atoms with Crippen molar-refractivity contribution in [1.29, 1.82) is 0 Å². The number of hydrogen-bond acceptors (Lipinski definition) is 2. The summed E-state index contributed by atoms with van der Waals surface area (Å²) in [6.45, 7) is 4.04. The van der Waals surface area contributed by atoms with Gasteiger partial charge in [-0.2, -0.15) is 0 Å². The largest absolute Gasteiger partial charge is 0.353 e. The molecule has 3 rings (SSSR count). The first-order valence-electron chi connectivity index (χ1n) is 7.81. The Hall–Kier alpha value is -1.35. The second kappa shape index (κ2) is 5.96. The molecule has 2 N–H and O–H groups in total. The van der Waals surface area contributed by atoms with E-state index in [1.54, 1.807) is 0 Å². The molecule has 2 aliphatic rings. The molecule has 3 heteroatoms. The first-order valence-corrected chi connectivity index (χ1v) is 7.81. The molecule has 0 bridgehead atoms. The SMILES string of the molecule is CC(C(=O)NC1CCCC1c1ccccc1)C1CNC1. The molecule has 1 amide bonds. The van der Waals surface area contributed by atoms with Crippen LogP contribution in [-0.2, 0) is 4.79 Å². The van der Waals surface area contributed by atoms with Crippen LogP contribution in [0.1, 0.15) is 37.7 Å². The second-order valence-electron chi connectivity index (χ2n) is 6.27. The zero-order valence-electron chi connectivity index (χ0n) is 12.1. The van der Waals surface area contributed by atoms with Gasteiger partial charge in [-0.05, 0) is 37.4 Å². The predicted octanol–water partition coefficient (Wildman–Crippen LogP) is 2.29. The molecule has 1 saturated heterocycles. The van der Waals surface area contributed by atoms with Crippen LogP contribution in [0.4, 0.5) is 0 Å². The monoisotopic (exact) mass is 272 g/mol. The average molecular weight is 272 g/mol. The van der Waals surface area contributed by atoms with Gasteiger partial charge in [0.2, 0.25) is 5.91 Å². The standard InChI is InChI=1S/C17H24N2O/c1-12(14-10-18-11-14)17(20)19-16-9-5-8-15(16)13-6-3-2-4-7-13/h2-4,6-7,12,14-16,18H,5,8-11H2,1H3,(H,19,20). The highest BCUT2D eigenvalue weighted by molar-refractivity contribution is 5.79. The molecule has 1 aromatic rings. The van der Waals surface area contributed by atoms with Gasteiger partial charge in [-0.3, -0.25) is 4.79 Å². The molecule has 1 aromatic carbocycles. The summed E-state index contributed by atoms with van der Waals surface area (Å²) in [7, 11) is 0. The van der Waals surface area contributed by atoms with Crippen LogP contribution >= 0.6 is 0 Å². The minimum atomic E-state index is 0.133. The summed E-state index contributed by atoms with van der Waals surface area (Å²) in [5.41, 5.74) is 1.37. The van der Waals surface area contributed by atoms with Crippen LogP contribution in [0.15, 0.2) is 30.3 Å². The van der Waals surface area contributed by atoms with Crippen LogP contribution < -0.4 is 10.6 Å². The van der Waals surface area contributed by atoms with Crippen LogP contribution in [-0.4, -0.2) is 25.0 Å². The lowest BCUT2D eigenvalue weighted by Gasteiger charge is -2.33. The molecule has 2 fully saturated rings. The summed E-state index contributed by atoms with van der Waals surface area (Å²) in [4.78, 5) is 12.4. The Balaban J connectivity index is 1.62. The topological polar surface area (TPSA) is 41.1 Å². The quantitative estimate of drug-likeness (QED) is 0.883. The molecule has 108 valence electrons. The molecule has 3 nitrogen and oxygen atoms in total. The van der Waals surface area contributed by atoms with Gasteiger partial charge in [0, 0.05) is 17.9 Å². The lowest BCUT2D eigenvalue weighted by molar-refractivity contribution is -0.127. The molecule has 1 aliphatic carbocycles. The minimum Gasteiger partial charge on any atom is -0.353 e. The molecule has 1 aliphatic heterocycles. The van der Waals surface area contributed by atoms with Crippen molar-refractivity contribution >= 4 is 5.91 Å². The van der Waals surface area contributed by atoms with E-state index in [9.17, 15) is 4.79 Å². The van der Waals surface area contributed by atoms with Crippen LogP contribution in [0.25, 0.3) is 0 Å². The molecule has 1 heterocycles. The number of rotatable bonds is 4. The Morgan fingerprint density at radius 3 is 2.65 bits per heavy atom. The summed E-state index contributed by atoms with van der Waals surface area (Å²) < 4.78 is 0. The highest BCUT2D eigenvalue weighted by Gasteiger charge is 2.33. The van der Waals surface area contributed by atoms with Crippen LogP contribution in [0.2, 0.25) is 0 Å². The van der Waals surface area contributed by atoms with Gasteiger partial charge in [0.05, 0.1) is 0 Å². The average Bonchev–Trinajstić information content (AvgIpc) is 2.85. The van der Waals surface area contributed by atoms with Crippen molar-refractivity contribution in [1.82, 2.24) is 10.6 Å². The molecule has 0 spiro atoms. The maximum atomic E-state index is 12.4. The minimum absolute atomic E-state index is 0.133. The van der Waals surface area contributed by atoms with Crippen molar-refractivity contribution in [3.8, 4) is 0 Å². The van der Waals surface area contributed by atoms with Crippen molar-refractivity contribution in [3.05, 3.63) is 35.9 Å². The third-order valence-corrected chi connectivity index (χ3v) is 5.01. The zero-order chi connectivity index (χ0) is 13.9. The highest BCUT2D eigenvalue weighted by Crippen LogP contribution is 2.34. The number of amides is 1. The molecule has 0 aromatic heterocycles. The summed E-state index contributed by atoms with van der Waals surface area (Å²) >= 11 is 0. The second-order valence-corrected chi connectivity index (χ2v) is 6.27. The summed E-state index contributed by atoms with van der Waals surface area (Å²) in [6.07, 6.45) is 3.51. The van der Waals surface area contributed by atoms with Crippen molar-refractivity contribution in [2.45, 2.75) is 38.1 Å². The molecule has 0 radical (unpaired) electrons. The van der Waals surface area contributed by atoms with Gasteiger partial charge in [0.1, 0.15) is 0 Å². The van der Waals surface area contributed by atoms with Gasteiger partial charge in [-0.25, -0.2) is 0 Å². The van der Waals surface area contributed by atoms with Gasteiger partial charge in [0.25, 0.3) is 0 Å². The summed E-state index contributed by atoms with van der Waals surface area (Å²) in [5.74, 6) is 1.39. The Morgan fingerprint density at radius 2 is 2.00 bits per heavy atom. The molecular formula is C17H24N2O. The van der Waals surface area contributed by atoms with Gasteiger partial charge >= 0.3 is 0 Å². The number of carbonyl (C=O) groups is 1. The third kappa shape index (κ3) is 2.73. The van der Waals surface area contributed by atoms with Crippen LogP contribution in [0, 0.1) is 11.8 Å². The molecule has 3 unspecified atom stereocenters. The first kappa shape index (κ1) is 13.6. The Kier molecular flexibility index (Phi) is 4.06. The first-order chi connectivity index (χ1) is 9.75. The van der Waals surface area contributed by atoms with E-state index in [0.29, 0.717) is 17.9 Å². The van der Waals surface area contributed by atoms with E-state index in [-0.39, 0.29) is 11.8 Å². The number of benzene rings is 1. The highest BCUT2D eigenvalue weighted by atomic mass is 16.1. The molecule has 1 saturated carbocycles. The maximum Gasteiger partial charge on any atom is 0.223 e. The smallest absolute Gasteiger partial charge is 0.223 e. The van der Waals surface area contributed by atoms with E-state index in [1.807, 2.05) is 0 Å². The Morgan fingerprint density at radius 1 is 1.25 bits per heavy atom. The summed E-state index contributed by atoms with van der Waals surface area (Å²) in [6, 6.07) is 10.9. The number of hydrogen-bond donors (Lipinski definition) is 2. The van der Waals surface area contributed by atoms with E-state index < -0.39 is 0 Å². The van der Waals surface area contributed by atoms with Crippen molar-refractivity contribution in [2.24, 2.45) is 11.8 Å². The third-order valence-electron chi connectivity index (χ3n) is 5.01. The van der Waals surface area contributed by atoms with Gasteiger partial charge in [-0.15, -0.1) is 0 Å². The van der Waals surface area contributed by atoms with E-state index in [2.05, 4.69) is 47.9 Å². The zero-order valence-corrected chi connectivity index (χ0v) is 12.1. The number of carbonyl (C=O) groups excluding carboxylic acids is 1. The van der Waals surface area contributed by atoms with Crippen LogP contribution in [0.5, 0.6) is 0 Å². The van der Waals surface area contributed by atoms with E-state index in [4.69, 9.17) is 0 Å². The fourth-order valence-electron chi connectivity index (χ4n) is 3.42. The normalized spacial score (nSPS) is 27.9. The van der Waals surface area contributed by atoms with Crippen LogP contribution in [0.3, 0.4) is 0 Å².